The number of rotatable bonds is 3. The van der Waals surface area contributed by atoms with E-state index in [9.17, 15) is 5.11 Å². The molecule has 0 radical (unpaired) electrons. The van der Waals surface area contributed by atoms with Gasteiger partial charge in [-0.15, -0.1) is 0 Å². The summed E-state index contributed by atoms with van der Waals surface area (Å²) in [6.07, 6.45) is 4.00. The summed E-state index contributed by atoms with van der Waals surface area (Å²) in [5.41, 5.74) is 0. The minimum absolute atomic E-state index is 0.235. The van der Waals surface area contributed by atoms with Gasteiger partial charge in [0.2, 0.25) is 0 Å². The molecule has 0 aromatic carbocycles. The van der Waals surface area contributed by atoms with Crippen molar-refractivity contribution in [2.45, 2.75) is 12.5 Å². The van der Waals surface area contributed by atoms with E-state index in [4.69, 9.17) is 4.74 Å². The van der Waals surface area contributed by atoms with E-state index in [0.29, 0.717) is 19.1 Å². The van der Waals surface area contributed by atoms with Crippen LogP contribution in [-0.4, -0.2) is 35.9 Å². The number of hydrogen-bond acceptors (Lipinski definition) is 4. The molecule has 0 amide bonds. The molecule has 0 aliphatic carbocycles. The summed E-state index contributed by atoms with van der Waals surface area (Å²) in [6, 6.07) is 3.74. The molecule has 0 bridgehead atoms. The van der Waals surface area contributed by atoms with Gasteiger partial charge in [0.15, 0.2) is 0 Å². The molecule has 4 nitrogen and oxygen atoms in total. The van der Waals surface area contributed by atoms with Crippen LogP contribution in [0.4, 0.5) is 0 Å². The predicted molar refractivity (Wildman–Crippen MR) is 56.7 cm³/mol. The second-order valence-electron chi connectivity index (χ2n) is 3.91. The smallest absolute Gasteiger partial charge is 0.137 e. The molecule has 1 aromatic heterocycles. The number of piperidine rings is 1. The highest BCUT2D eigenvalue weighted by molar-refractivity contribution is 5.15. The minimum Gasteiger partial charge on any atom is -0.492 e. The lowest BCUT2D eigenvalue weighted by molar-refractivity contribution is 0.0932. The van der Waals surface area contributed by atoms with Crippen LogP contribution in [0.5, 0.6) is 5.75 Å². The van der Waals surface area contributed by atoms with Gasteiger partial charge in [0.05, 0.1) is 18.9 Å². The third-order valence-corrected chi connectivity index (χ3v) is 2.54. The molecule has 4 heteroatoms. The monoisotopic (exact) mass is 208 g/mol. The molecule has 2 heterocycles. The quantitative estimate of drug-likeness (QED) is 0.756. The molecule has 0 saturated carbocycles. The number of aromatic nitrogens is 1. The fourth-order valence-electron chi connectivity index (χ4n) is 1.78. The fraction of sp³-hybridized carbons (Fsp3) is 0.545. The predicted octanol–water partition coefficient (Wildman–Crippen LogP) is 0.431. The van der Waals surface area contributed by atoms with E-state index in [0.717, 1.165) is 18.7 Å². The van der Waals surface area contributed by atoms with E-state index in [1.165, 1.54) is 0 Å². The molecular formula is C11H16N2O2. The molecule has 82 valence electrons. The topological polar surface area (TPSA) is 54.4 Å². The molecule has 1 aliphatic rings. The van der Waals surface area contributed by atoms with Crippen LogP contribution >= 0.6 is 0 Å². The number of aliphatic hydroxyl groups is 1. The summed E-state index contributed by atoms with van der Waals surface area (Å²) in [7, 11) is 0. The van der Waals surface area contributed by atoms with Gasteiger partial charge in [-0.3, -0.25) is 4.98 Å². The number of nitrogens with zero attached hydrogens (tertiary/aromatic N) is 1. The molecule has 0 spiro atoms. The summed E-state index contributed by atoms with van der Waals surface area (Å²) in [4.78, 5) is 3.97. The Morgan fingerprint density at radius 1 is 1.53 bits per heavy atom. The summed E-state index contributed by atoms with van der Waals surface area (Å²) in [6.45, 7) is 2.25. The molecule has 2 N–H and O–H groups in total. The van der Waals surface area contributed by atoms with E-state index in [1.807, 2.05) is 12.1 Å². The highest BCUT2D eigenvalue weighted by Gasteiger charge is 2.20. The lowest BCUT2D eigenvalue weighted by atomic mass is 9.99. The molecule has 1 aliphatic heterocycles. The Labute approximate surface area is 89.3 Å². The van der Waals surface area contributed by atoms with Crippen LogP contribution in [0.1, 0.15) is 6.42 Å². The highest BCUT2D eigenvalue weighted by atomic mass is 16.5. The van der Waals surface area contributed by atoms with Crippen LogP contribution in [0.3, 0.4) is 0 Å². The Bertz CT molecular complexity index is 292. The second kappa shape index (κ2) is 5.09. The largest absolute Gasteiger partial charge is 0.492 e. The highest BCUT2D eigenvalue weighted by Crippen LogP contribution is 2.13. The summed E-state index contributed by atoms with van der Waals surface area (Å²) < 4.78 is 5.58. The number of hydrogen-bond donors (Lipinski definition) is 2. The standard InChI is InChI=1S/C11H16N2O2/c14-10-4-9(5-13-6-10)8-15-11-2-1-3-12-7-11/h1-3,7,9-10,13-14H,4-6,8H2. The van der Waals surface area contributed by atoms with E-state index in [1.54, 1.807) is 12.4 Å². The zero-order chi connectivity index (χ0) is 10.5. The number of pyridine rings is 1. The summed E-state index contributed by atoms with van der Waals surface area (Å²) in [5.74, 6) is 1.17. The molecule has 1 aromatic rings. The first-order valence-corrected chi connectivity index (χ1v) is 5.26. The Balaban J connectivity index is 1.78. The number of nitrogens with one attached hydrogen (secondary N) is 1. The van der Waals surface area contributed by atoms with Gasteiger partial charge in [-0.25, -0.2) is 0 Å². The maximum absolute atomic E-state index is 9.45. The van der Waals surface area contributed by atoms with Gasteiger partial charge in [-0.2, -0.15) is 0 Å². The van der Waals surface area contributed by atoms with Gasteiger partial charge in [-0.1, -0.05) is 0 Å². The third-order valence-electron chi connectivity index (χ3n) is 2.54. The SMILES string of the molecule is OC1CNCC(COc2cccnc2)C1. The van der Waals surface area contributed by atoms with Crippen LogP contribution in [-0.2, 0) is 0 Å². The van der Waals surface area contributed by atoms with Gasteiger partial charge < -0.3 is 15.2 Å². The summed E-state index contributed by atoms with van der Waals surface area (Å²) in [5, 5.41) is 12.6. The van der Waals surface area contributed by atoms with Crippen molar-refractivity contribution in [2.24, 2.45) is 5.92 Å². The van der Waals surface area contributed by atoms with Gasteiger partial charge >= 0.3 is 0 Å². The van der Waals surface area contributed by atoms with Crippen molar-refractivity contribution in [2.75, 3.05) is 19.7 Å². The van der Waals surface area contributed by atoms with Crippen LogP contribution in [0.25, 0.3) is 0 Å². The molecule has 2 rings (SSSR count). The average molecular weight is 208 g/mol. The average Bonchev–Trinajstić information content (AvgIpc) is 2.28. The Hall–Kier alpha value is -1.13. The van der Waals surface area contributed by atoms with Crippen molar-refractivity contribution in [3.8, 4) is 5.75 Å². The van der Waals surface area contributed by atoms with Crippen molar-refractivity contribution < 1.29 is 9.84 Å². The third kappa shape index (κ3) is 3.18. The fourth-order valence-corrected chi connectivity index (χ4v) is 1.78. The van der Waals surface area contributed by atoms with Gasteiger partial charge in [0.25, 0.3) is 0 Å². The van der Waals surface area contributed by atoms with Gasteiger partial charge in [-0.05, 0) is 18.6 Å². The number of aliphatic hydroxyl groups excluding tert-OH is 1. The maximum Gasteiger partial charge on any atom is 0.137 e. The summed E-state index contributed by atoms with van der Waals surface area (Å²) >= 11 is 0. The first-order chi connectivity index (χ1) is 7.34. The number of β-amino-alcohol motifs (C(OH)–C–C–N with tert-alkyl or cyclic N) is 1. The van der Waals surface area contributed by atoms with Crippen LogP contribution < -0.4 is 10.1 Å². The lowest BCUT2D eigenvalue weighted by Gasteiger charge is -2.26. The Morgan fingerprint density at radius 2 is 2.47 bits per heavy atom. The molecule has 2 unspecified atom stereocenters. The van der Waals surface area contributed by atoms with Crippen LogP contribution in [0, 0.1) is 5.92 Å². The van der Waals surface area contributed by atoms with Crippen molar-refractivity contribution in [1.82, 2.24) is 10.3 Å². The maximum atomic E-state index is 9.45. The first-order valence-electron chi connectivity index (χ1n) is 5.26. The molecule has 1 saturated heterocycles. The second-order valence-corrected chi connectivity index (χ2v) is 3.91. The normalized spacial score (nSPS) is 26.2. The number of ether oxygens (including phenoxy) is 1. The van der Waals surface area contributed by atoms with Crippen molar-refractivity contribution in [3.63, 3.8) is 0 Å². The Kier molecular flexibility index (Phi) is 3.53. The van der Waals surface area contributed by atoms with E-state index >= 15 is 0 Å². The van der Waals surface area contributed by atoms with Gasteiger partial charge in [0, 0.05) is 25.2 Å². The lowest BCUT2D eigenvalue weighted by Crippen LogP contribution is -2.41. The zero-order valence-electron chi connectivity index (χ0n) is 8.60. The van der Waals surface area contributed by atoms with E-state index in [2.05, 4.69) is 10.3 Å². The van der Waals surface area contributed by atoms with E-state index in [-0.39, 0.29) is 6.10 Å². The van der Waals surface area contributed by atoms with E-state index < -0.39 is 0 Å². The molecular weight excluding hydrogens is 192 g/mol. The molecule has 15 heavy (non-hydrogen) atoms. The van der Waals surface area contributed by atoms with Gasteiger partial charge in [0.1, 0.15) is 5.75 Å². The molecule has 1 fully saturated rings. The minimum atomic E-state index is -0.235. The van der Waals surface area contributed by atoms with Crippen molar-refractivity contribution in [3.05, 3.63) is 24.5 Å². The zero-order valence-corrected chi connectivity index (χ0v) is 8.60. The van der Waals surface area contributed by atoms with Crippen molar-refractivity contribution in [1.29, 1.82) is 0 Å². The van der Waals surface area contributed by atoms with Crippen LogP contribution in [0.15, 0.2) is 24.5 Å². The Morgan fingerprint density at radius 3 is 3.20 bits per heavy atom. The van der Waals surface area contributed by atoms with Crippen molar-refractivity contribution >= 4 is 0 Å². The first kappa shape index (κ1) is 10.4. The van der Waals surface area contributed by atoms with Crippen LogP contribution in [0.2, 0.25) is 0 Å². The molecule has 2 atom stereocenters.